The molecule has 0 amide bonds. The van der Waals surface area contributed by atoms with E-state index in [1.54, 1.807) is 0 Å². The van der Waals surface area contributed by atoms with E-state index in [2.05, 4.69) is 29.6 Å². The summed E-state index contributed by atoms with van der Waals surface area (Å²) in [6.07, 6.45) is 2.22. The molecule has 0 saturated heterocycles. The van der Waals surface area contributed by atoms with Gasteiger partial charge in [0.15, 0.2) is 0 Å². The average molecular weight is 268 g/mol. The molecule has 1 aromatic heterocycles. The molecule has 0 atom stereocenters. The number of nitrogens with zero attached hydrogens (tertiary/aromatic N) is 3. The van der Waals surface area contributed by atoms with Gasteiger partial charge in [0, 0.05) is 17.7 Å². The van der Waals surface area contributed by atoms with Crippen molar-refractivity contribution < 1.29 is 0 Å². The number of benzene rings is 1. The zero-order valence-electron chi connectivity index (χ0n) is 10.2. The van der Waals surface area contributed by atoms with E-state index in [1.807, 2.05) is 30.3 Å². The summed E-state index contributed by atoms with van der Waals surface area (Å²) in [5, 5.41) is 12.9. The molecule has 0 radical (unpaired) electrons. The van der Waals surface area contributed by atoms with Crippen LogP contribution in [0.1, 0.15) is 17.5 Å². The zero-order chi connectivity index (χ0) is 13.7. The lowest BCUT2D eigenvalue weighted by Crippen LogP contribution is -2.02. The first kappa shape index (κ1) is 13.1. The van der Waals surface area contributed by atoms with Gasteiger partial charge >= 0.3 is 0 Å². The zero-order valence-corrected chi connectivity index (χ0v) is 11.1. The molecule has 5 heteroatoms. The Morgan fingerprint density at radius 3 is 2.63 bits per heavy atom. The van der Waals surface area contributed by atoms with Gasteiger partial charge in [-0.2, -0.15) is 23.0 Å². The van der Waals surface area contributed by atoms with Gasteiger partial charge in [-0.1, -0.05) is 11.8 Å². The molecule has 1 aromatic carbocycles. The summed E-state index contributed by atoms with van der Waals surface area (Å²) < 4.78 is 1.53. The van der Waals surface area contributed by atoms with Crippen LogP contribution in [0.15, 0.2) is 30.5 Å². The highest BCUT2D eigenvalue weighted by Gasteiger charge is 2.07. The van der Waals surface area contributed by atoms with Crippen molar-refractivity contribution in [3.63, 3.8) is 0 Å². The lowest BCUT2D eigenvalue weighted by Gasteiger charge is -2.03. The first-order valence-electron chi connectivity index (χ1n) is 5.70. The van der Waals surface area contributed by atoms with Gasteiger partial charge in [-0.15, -0.1) is 0 Å². The second kappa shape index (κ2) is 5.99. The monoisotopic (exact) mass is 268 g/mol. The smallest absolute Gasteiger partial charge is 0.145 e. The third-order valence-corrected chi connectivity index (χ3v) is 2.73. The van der Waals surface area contributed by atoms with Crippen LogP contribution in [0.5, 0.6) is 0 Å². The SMILES string of the molecule is N#Cc1cnn(-c2ccc(C#CCCS)cc2)c1N. The first-order chi connectivity index (χ1) is 9.26. The van der Waals surface area contributed by atoms with E-state index in [1.165, 1.54) is 10.9 Å². The van der Waals surface area contributed by atoms with Crippen molar-refractivity contribution in [2.75, 3.05) is 11.5 Å². The summed E-state index contributed by atoms with van der Waals surface area (Å²) in [6, 6.07) is 9.53. The summed E-state index contributed by atoms with van der Waals surface area (Å²) in [6.45, 7) is 0. The van der Waals surface area contributed by atoms with E-state index in [9.17, 15) is 0 Å². The van der Waals surface area contributed by atoms with Crippen LogP contribution in [0.25, 0.3) is 5.69 Å². The van der Waals surface area contributed by atoms with Crippen molar-refractivity contribution >= 4 is 18.4 Å². The molecule has 19 heavy (non-hydrogen) atoms. The number of hydrogen-bond donors (Lipinski definition) is 2. The molecule has 0 aliphatic rings. The number of rotatable bonds is 2. The van der Waals surface area contributed by atoms with Gasteiger partial charge < -0.3 is 5.73 Å². The van der Waals surface area contributed by atoms with E-state index in [-0.39, 0.29) is 0 Å². The third-order valence-electron chi connectivity index (χ3n) is 2.51. The Morgan fingerprint density at radius 1 is 1.32 bits per heavy atom. The van der Waals surface area contributed by atoms with E-state index in [0.717, 1.165) is 23.4 Å². The normalized spacial score (nSPS) is 9.47. The Bertz CT molecular complexity index is 668. The highest BCUT2D eigenvalue weighted by atomic mass is 32.1. The van der Waals surface area contributed by atoms with Crippen molar-refractivity contribution in [3.05, 3.63) is 41.6 Å². The fourth-order valence-corrected chi connectivity index (χ4v) is 1.67. The molecule has 2 aromatic rings. The molecule has 94 valence electrons. The molecule has 0 aliphatic heterocycles. The minimum atomic E-state index is 0.344. The summed E-state index contributed by atoms with van der Waals surface area (Å²) in [5.74, 6) is 7.16. The molecule has 0 saturated carbocycles. The Hall–Kier alpha value is -2.37. The predicted molar refractivity (Wildman–Crippen MR) is 78.0 cm³/mol. The average Bonchev–Trinajstić information content (AvgIpc) is 2.81. The lowest BCUT2D eigenvalue weighted by molar-refractivity contribution is 0.891. The standard InChI is InChI=1S/C14H12N4S/c15-9-12-10-17-18(14(12)16)13-6-4-11(5-7-13)3-1-2-8-19/h4-7,10,19H,2,8,16H2. The number of aromatic nitrogens is 2. The molecule has 0 spiro atoms. The topological polar surface area (TPSA) is 67.6 Å². The van der Waals surface area contributed by atoms with Gasteiger partial charge in [-0.25, -0.2) is 4.68 Å². The highest BCUT2D eigenvalue weighted by molar-refractivity contribution is 7.80. The van der Waals surface area contributed by atoms with Crippen molar-refractivity contribution in [2.24, 2.45) is 0 Å². The number of nitrogen functional groups attached to an aromatic ring is 1. The summed E-state index contributed by atoms with van der Waals surface area (Å²) in [5.41, 5.74) is 7.93. The second-order valence-electron chi connectivity index (χ2n) is 3.79. The first-order valence-corrected chi connectivity index (χ1v) is 6.33. The Kier molecular flexibility index (Phi) is 4.12. The van der Waals surface area contributed by atoms with Gasteiger partial charge in [0.05, 0.1) is 11.9 Å². The third kappa shape index (κ3) is 2.90. The Morgan fingerprint density at radius 2 is 2.05 bits per heavy atom. The molecule has 0 unspecified atom stereocenters. The van der Waals surface area contributed by atoms with Crippen molar-refractivity contribution in [2.45, 2.75) is 6.42 Å². The summed E-state index contributed by atoms with van der Waals surface area (Å²) in [7, 11) is 0. The van der Waals surface area contributed by atoms with E-state index in [0.29, 0.717) is 11.4 Å². The van der Waals surface area contributed by atoms with Gasteiger partial charge in [0.2, 0.25) is 0 Å². The van der Waals surface area contributed by atoms with E-state index < -0.39 is 0 Å². The number of nitriles is 1. The molecular weight excluding hydrogens is 256 g/mol. The maximum absolute atomic E-state index is 8.84. The van der Waals surface area contributed by atoms with Crippen molar-refractivity contribution in [1.82, 2.24) is 9.78 Å². The van der Waals surface area contributed by atoms with Crippen LogP contribution in [0, 0.1) is 23.2 Å². The largest absolute Gasteiger partial charge is 0.382 e. The molecule has 4 nitrogen and oxygen atoms in total. The van der Waals surface area contributed by atoms with Gasteiger partial charge in [0.25, 0.3) is 0 Å². The predicted octanol–water partition coefficient (Wildman–Crippen LogP) is 2.00. The fourth-order valence-electron chi connectivity index (χ4n) is 1.56. The van der Waals surface area contributed by atoms with E-state index in [4.69, 9.17) is 11.0 Å². The Labute approximate surface area is 117 Å². The Balaban J connectivity index is 2.26. The molecule has 2 N–H and O–H groups in total. The van der Waals surface area contributed by atoms with Gasteiger partial charge in [-0.05, 0) is 24.3 Å². The summed E-state index contributed by atoms with van der Waals surface area (Å²) >= 11 is 4.10. The number of thiol groups is 1. The molecular formula is C14H12N4S. The molecule has 0 fully saturated rings. The maximum atomic E-state index is 8.84. The van der Waals surface area contributed by atoms with Gasteiger partial charge in [0.1, 0.15) is 17.5 Å². The highest BCUT2D eigenvalue weighted by Crippen LogP contribution is 2.16. The number of nitrogens with two attached hydrogens (primary N) is 1. The quantitative estimate of drug-likeness (QED) is 0.646. The van der Waals surface area contributed by atoms with Crippen molar-refractivity contribution in [1.29, 1.82) is 5.26 Å². The van der Waals surface area contributed by atoms with Crippen LogP contribution >= 0.6 is 12.6 Å². The van der Waals surface area contributed by atoms with Crippen LogP contribution in [0.2, 0.25) is 0 Å². The van der Waals surface area contributed by atoms with Crippen LogP contribution in [-0.2, 0) is 0 Å². The second-order valence-corrected chi connectivity index (χ2v) is 4.24. The van der Waals surface area contributed by atoms with Crippen LogP contribution in [-0.4, -0.2) is 15.5 Å². The molecule has 0 bridgehead atoms. The minimum absolute atomic E-state index is 0.344. The minimum Gasteiger partial charge on any atom is -0.382 e. The van der Waals surface area contributed by atoms with Crippen LogP contribution in [0.3, 0.4) is 0 Å². The molecule has 2 rings (SSSR count). The number of hydrogen-bond acceptors (Lipinski definition) is 4. The maximum Gasteiger partial charge on any atom is 0.145 e. The summed E-state index contributed by atoms with van der Waals surface area (Å²) in [4.78, 5) is 0. The molecule has 0 aliphatic carbocycles. The van der Waals surface area contributed by atoms with Crippen LogP contribution in [0.4, 0.5) is 5.82 Å². The van der Waals surface area contributed by atoms with E-state index >= 15 is 0 Å². The van der Waals surface area contributed by atoms with Crippen molar-refractivity contribution in [3.8, 4) is 23.6 Å². The number of anilines is 1. The van der Waals surface area contributed by atoms with Crippen LogP contribution < -0.4 is 5.73 Å². The fraction of sp³-hybridized carbons (Fsp3) is 0.143. The lowest BCUT2D eigenvalue weighted by atomic mass is 10.2. The van der Waals surface area contributed by atoms with Gasteiger partial charge in [-0.3, -0.25) is 0 Å². The molecule has 1 heterocycles.